The van der Waals surface area contributed by atoms with Gasteiger partial charge in [0.05, 0.1) is 5.69 Å². The third kappa shape index (κ3) is 3.09. The number of aryl methyl sites for hydroxylation is 1. The van der Waals surface area contributed by atoms with Gasteiger partial charge in [0.25, 0.3) is 0 Å². The highest BCUT2D eigenvalue weighted by Gasteiger charge is 2.07. The highest BCUT2D eigenvalue weighted by atomic mass is 32.2. The molecule has 0 saturated carbocycles. The number of benzene rings is 1. The van der Waals surface area contributed by atoms with Crippen molar-refractivity contribution >= 4 is 11.8 Å². The zero-order valence-electron chi connectivity index (χ0n) is 12.8. The fraction of sp³-hybridized carbons (Fsp3) is 0.125. The lowest BCUT2D eigenvalue weighted by molar-refractivity contribution is 0.778. The van der Waals surface area contributed by atoms with E-state index in [0.717, 1.165) is 34.5 Å². The lowest BCUT2D eigenvalue weighted by atomic mass is 10.2. The maximum Gasteiger partial charge on any atom is 0.183 e. The molecule has 8 heteroatoms. The second kappa shape index (κ2) is 6.71. The van der Waals surface area contributed by atoms with Gasteiger partial charge in [-0.2, -0.15) is 10.2 Å². The van der Waals surface area contributed by atoms with Gasteiger partial charge in [0.2, 0.25) is 0 Å². The monoisotopic (exact) mass is 337 g/mol. The SMILES string of the molecule is c1cnn(-c2ccc(-c3nccn3CCSc3ncn[nH]3)cc2)c1. The van der Waals surface area contributed by atoms with Crippen molar-refractivity contribution in [3.05, 3.63) is 61.4 Å². The molecule has 0 amide bonds. The summed E-state index contributed by atoms with van der Waals surface area (Å²) in [5.74, 6) is 1.85. The Balaban J connectivity index is 1.47. The maximum absolute atomic E-state index is 4.49. The number of nitrogens with zero attached hydrogens (tertiary/aromatic N) is 6. The predicted octanol–water partition coefficient (Wildman–Crippen LogP) is 2.65. The number of hydrogen-bond donors (Lipinski definition) is 1. The average molecular weight is 337 g/mol. The van der Waals surface area contributed by atoms with Gasteiger partial charge in [-0.3, -0.25) is 5.10 Å². The second-order valence-electron chi connectivity index (χ2n) is 5.08. The first kappa shape index (κ1) is 14.7. The van der Waals surface area contributed by atoms with Crippen molar-refractivity contribution in [1.82, 2.24) is 34.5 Å². The van der Waals surface area contributed by atoms with Gasteiger partial charge in [-0.15, -0.1) is 0 Å². The molecule has 4 rings (SSSR count). The van der Waals surface area contributed by atoms with Crippen LogP contribution in [0.3, 0.4) is 0 Å². The van der Waals surface area contributed by atoms with E-state index in [-0.39, 0.29) is 0 Å². The Kier molecular flexibility index (Phi) is 4.11. The molecule has 0 unspecified atom stereocenters. The molecule has 3 aromatic heterocycles. The lowest BCUT2D eigenvalue weighted by Gasteiger charge is -2.08. The molecule has 1 N–H and O–H groups in total. The van der Waals surface area contributed by atoms with E-state index in [2.05, 4.69) is 42.0 Å². The fourth-order valence-electron chi connectivity index (χ4n) is 2.44. The molecule has 0 aliphatic carbocycles. The second-order valence-corrected chi connectivity index (χ2v) is 6.16. The van der Waals surface area contributed by atoms with Crippen molar-refractivity contribution in [3.63, 3.8) is 0 Å². The molecule has 3 heterocycles. The molecule has 0 spiro atoms. The summed E-state index contributed by atoms with van der Waals surface area (Å²) in [5.41, 5.74) is 2.11. The zero-order valence-corrected chi connectivity index (χ0v) is 13.6. The van der Waals surface area contributed by atoms with Crippen LogP contribution in [0, 0.1) is 0 Å². The molecular weight excluding hydrogens is 322 g/mol. The fourth-order valence-corrected chi connectivity index (χ4v) is 3.16. The molecule has 0 saturated heterocycles. The van der Waals surface area contributed by atoms with Crippen LogP contribution in [-0.4, -0.2) is 40.3 Å². The van der Waals surface area contributed by atoms with Gasteiger partial charge in [-0.1, -0.05) is 11.8 Å². The molecule has 0 aliphatic rings. The first-order chi connectivity index (χ1) is 11.9. The quantitative estimate of drug-likeness (QED) is 0.547. The molecule has 0 radical (unpaired) electrons. The van der Waals surface area contributed by atoms with E-state index >= 15 is 0 Å². The van der Waals surface area contributed by atoms with Crippen LogP contribution in [0.1, 0.15) is 0 Å². The molecule has 24 heavy (non-hydrogen) atoms. The summed E-state index contributed by atoms with van der Waals surface area (Å²) >= 11 is 1.64. The Bertz CT molecular complexity index is 879. The number of rotatable bonds is 6. The molecule has 0 atom stereocenters. The third-order valence-electron chi connectivity index (χ3n) is 3.57. The van der Waals surface area contributed by atoms with Crippen LogP contribution >= 0.6 is 11.8 Å². The van der Waals surface area contributed by atoms with Crippen LogP contribution in [0.15, 0.2) is 66.6 Å². The summed E-state index contributed by atoms with van der Waals surface area (Å²) in [4.78, 5) is 8.60. The number of aromatic amines is 1. The highest BCUT2D eigenvalue weighted by molar-refractivity contribution is 7.99. The van der Waals surface area contributed by atoms with E-state index in [4.69, 9.17) is 0 Å². The standard InChI is InChI=1S/C16H15N7S/c1-6-20-23(8-1)14-4-2-13(3-5-14)15-17-7-9-22(15)10-11-24-16-18-12-19-21-16/h1-9,12H,10-11H2,(H,18,19,21). The smallest absolute Gasteiger partial charge is 0.183 e. The van der Waals surface area contributed by atoms with Gasteiger partial charge in [-0.05, 0) is 30.3 Å². The van der Waals surface area contributed by atoms with Crippen LogP contribution in [0.5, 0.6) is 0 Å². The van der Waals surface area contributed by atoms with Gasteiger partial charge < -0.3 is 4.57 Å². The largest absolute Gasteiger partial charge is 0.330 e. The zero-order chi connectivity index (χ0) is 16.2. The molecular formula is C16H15N7S. The molecule has 0 aliphatic heterocycles. The van der Waals surface area contributed by atoms with Crippen molar-refractivity contribution in [1.29, 1.82) is 0 Å². The topological polar surface area (TPSA) is 77.2 Å². The van der Waals surface area contributed by atoms with E-state index in [1.54, 1.807) is 18.0 Å². The Labute approximate surface area is 142 Å². The highest BCUT2D eigenvalue weighted by Crippen LogP contribution is 2.20. The number of imidazole rings is 1. The molecule has 1 aromatic carbocycles. The van der Waals surface area contributed by atoms with E-state index < -0.39 is 0 Å². The number of thioether (sulfide) groups is 1. The minimum atomic E-state index is 0.834. The summed E-state index contributed by atoms with van der Waals surface area (Å²) in [5, 5.41) is 11.8. The van der Waals surface area contributed by atoms with Crippen LogP contribution in [0.25, 0.3) is 17.1 Å². The summed E-state index contributed by atoms with van der Waals surface area (Å²) in [6, 6.07) is 10.1. The van der Waals surface area contributed by atoms with Gasteiger partial charge in [-0.25, -0.2) is 14.6 Å². The van der Waals surface area contributed by atoms with Gasteiger partial charge in [0.15, 0.2) is 5.16 Å². The van der Waals surface area contributed by atoms with Gasteiger partial charge in [0, 0.05) is 42.6 Å². The molecule has 4 aromatic rings. The predicted molar refractivity (Wildman–Crippen MR) is 91.9 cm³/mol. The van der Waals surface area contributed by atoms with E-state index in [1.807, 2.05) is 41.5 Å². The lowest BCUT2D eigenvalue weighted by Crippen LogP contribution is -2.02. The summed E-state index contributed by atoms with van der Waals surface area (Å²) in [7, 11) is 0. The van der Waals surface area contributed by atoms with Crippen molar-refractivity contribution in [2.24, 2.45) is 0 Å². The van der Waals surface area contributed by atoms with E-state index in [0.29, 0.717) is 0 Å². The first-order valence-electron chi connectivity index (χ1n) is 7.50. The Morgan fingerprint density at radius 2 is 1.96 bits per heavy atom. The average Bonchev–Trinajstić information content (AvgIpc) is 3.38. The normalized spacial score (nSPS) is 11.0. The van der Waals surface area contributed by atoms with Crippen LogP contribution < -0.4 is 0 Å². The molecule has 120 valence electrons. The third-order valence-corrected chi connectivity index (χ3v) is 4.43. The Hall–Kier alpha value is -2.87. The van der Waals surface area contributed by atoms with Crippen LogP contribution in [0.2, 0.25) is 0 Å². The van der Waals surface area contributed by atoms with E-state index in [1.165, 1.54) is 6.33 Å². The maximum atomic E-state index is 4.49. The van der Waals surface area contributed by atoms with Crippen molar-refractivity contribution in [2.45, 2.75) is 11.7 Å². The first-order valence-corrected chi connectivity index (χ1v) is 8.48. The minimum Gasteiger partial charge on any atom is -0.330 e. The number of H-pyrrole nitrogens is 1. The van der Waals surface area contributed by atoms with Gasteiger partial charge in [0.1, 0.15) is 12.2 Å². The van der Waals surface area contributed by atoms with Crippen molar-refractivity contribution < 1.29 is 0 Å². The van der Waals surface area contributed by atoms with E-state index in [9.17, 15) is 0 Å². The number of hydrogen-bond acceptors (Lipinski definition) is 5. The van der Waals surface area contributed by atoms with Crippen molar-refractivity contribution in [3.8, 4) is 17.1 Å². The minimum absolute atomic E-state index is 0.834. The molecule has 7 nitrogen and oxygen atoms in total. The molecule has 0 bridgehead atoms. The summed E-state index contributed by atoms with van der Waals surface area (Å²) < 4.78 is 3.98. The van der Waals surface area contributed by atoms with Crippen LogP contribution in [0.4, 0.5) is 0 Å². The number of nitrogens with one attached hydrogen (secondary N) is 1. The van der Waals surface area contributed by atoms with Crippen LogP contribution in [-0.2, 0) is 6.54 Å². The summed E-state index contributed by atoms with van der Waals surface area (Å²) in [6.07, 6.45) is 9.04. The molecule has 0 fully saturated rings. The Morgan fingerprint density at radius 1 is 1.04 bits per heavy atom. The summed E-state index contributed by atoms with van der Waals surface area (Å²) in [6.45, 7) is 0.849. The Morgan fingerprint density at radius 3 is 2.71 bits per heavy atom. The van der Waals surface area contributed by atoms with Crippen molar-refractivity contribution in [2.75, 3.05) is 5.75 Å². The van der Waals surface area contributed by atoms with Gasteiger partial charge >= 0.3 is 0 Å². The number of aromatic nitrogens is 7.